The second kappa shape index (κ2) is 4.01. The summed E-state index contributed by atoms with van der Waals surface area (Å²) >= 11 is 0. The van der Waals surface area contributed by atoms with Crippen molar-refractivity contribution in [2.45, 2.75) is 12.6 Å². The van der Waals surface area contributed by atoms with Crippen LogP contribution in [0.4, 0.5) is 13.2 Å². The van der Waals surface area contributed by atoms with E-state index in [1.807, 2.05) is 0 Å². The van der Waals surface area contributed by atoms with E-state index in [1.165, 1.54) is 25.2 Å². The van der Waals surface area contributed by atoms with Crippen molar-refractivity contribution in [1.82, 2.24) is 9.78 Å². The number of aliphatic carboxylic acids is 1. The third-order valence-electron chi connectivity index (χ3n) is 2.56. The molecule has 1 aromatic carbocycles. The average Bonchev–Trinajstić information content (AvgIpc) is 2.53. The number of aromatic nitrogens is 2. The summed E-state index contributed by atoms with van der Waals surface area (Å²) in [5.41, 5.74) is -0.523. The number of benzene rings is 1. The molecule has 0 unspecified atom stereocenters. The number of rotatable bonds is 2. The molecule has 0 amide bonds. The minimum absolute atomic E-state index is 0.0784. The second-order valence-corrected chi connectivity index (χ2v) is 3.85. The second-order valence-electron chi connectivity index (χ2n) is 3.85. The number of carbonyl (C=O) groups is 1. The van der Waals surface area contributed by atoms with Crippen molar-refractivity contribution >= 4 is 16.9 Å². The number of carboxylic acid groups (broad SMARTS) is 1. The maximum absolute atomic E-state index is 12.8. The van der Waals surface area contributed by atoms with Crippen molar-refractivity contribution in [3.8, 4) is 0 Å². The molecule has 2 aromatic rings. The smallest absolute Gasteiger partial charge is 0.433 e. The van der Waals surface area contributed by atoms with Crippen molar-refractivity contribution in [1.29, 1.82) is 0 Å². The van der Waals surface area contributed by atoms with Crippen LogP contribution in [0, 0.1) is 0 Å². The van der Waals surface area contributed by atoms with Crippen LogP contribution in [0.25, 0.3) is 10.9 Å². The van der Waals surface area contributed by atoms with Crippen LogP contribution in [0.2, 0.25) is 0 Å². The average molecular weight is 258 g/mol. The van der Waals surface area contributed by atoms with Gasteiger partial charge in [0.15, 0.2) is 0 Å². The number of alkyl halides is 3. The molecule has 0 spiro atoms. The molecule has 96 valence electrons. The molecule has 0 radical (unpaired) electrons. The molecule has 2 rings (SSSR count). The lowest BCUT2D eigenvalue weighted by Crippen LogP contribution is -2.11. The van der Waals surface area contributed by atoms with Crippen LogP contribution < -0.4 is 0 Å². The Bertz CT molecular complexity index is 617. The van der Waals surface area contributed by atoms with Crippen molar-refractivity contribution < 1.29 is 23.1 Å². The topological polar surface area (TPSA) is 55.1 Å². The van der Waals surface area contributed by atoms with Gasteiger partial charge in [-0.1, -0.05) is 18.2 Å². The summed E-state index contributed by atoms with van der Waals surface area (Å²) < 4.78 is 39.2. The standard InChI is InChI=1S/C11H9F3N2O2/c1-16-10(11(12,13)14)7-4-2-3-6(5-8(17)18)9(7)15-16/h2-4H,5H2,1H3,(H,17,18). The van der Waals surface area contributed by atoms with E-state index in [0.29, 0.717) is 0 Å². The van der Waals surface area contributed by atoms with E-state index < -0.39 is 17.8 Å². The van der Waals surface area contributed by atoms with Gasteiger partial charge in [0.05, 0.1) is 11.9 Å². The quantitative estimate of drug-likeness (QED) is 0.898. The Morgan fingerprint density at radius 3 is 2.67 bits per heavy atom. The molecule has 4 nitrogen and oxygen atoms in total. The fourth-order valence-electron chi connectivity index (χ4n) is 1.92. The minimum atomic E-state index is -4.52. The normalized spacial score (nSPS) is 12.0. The zero-order valence-electron chi connectivity index (χ0n) is 9.32. The molecule has 0 aliphatic heterocycles. The van der Waals surface area contributed by atoms with Crippen LogP contribution in [0.15, 0.2) is 18.2 Å². The SMILES string of the molecule is Cn1nc2c(CC(=O)O)cccc2c1C(F)(F)F. The summed E-state index contributed by atoms with van der Waals surface area (Å²) in [5, 5.41) is 12.4. The van der Waals surface area contributed by atoms with Gasteiger partial charge >= 0.3 is 12.1 Å². The molecule has 1 heterocycles. The number of carboxylic acids is 1. The summed E-state index contributed by atoms with van der Waals surface area (Å²) in [6, 6.07) is 4.15. The van der Waals surface area contributed by atoms with Gasteiger partial charge < -0.3 is 5.11 Å². The Kier molecular flexibility index (Phi) is 2.76. The number of fused-ring (bicyclic) bond motifs is 1. The zero-order valence-corrected chi connectivity index (χ0v) is 9.32. The Labute approximate surface area is 99.6 Å². The molecule has 18 heavy (non-hydrogen) atoms. The molecule has 0 aliphatic rings. The lowest BCUT2D eigenvalue weighted by atomic mass is 10.1. The molecule has 0 atom stereocenters. The fraction of sp³-hybridized carbons (Fsp3) is 0.273. The van der Waals surface area contributed by atoms with E-state index in [4.69, 9.17) is 5.11 Å². The predicted octanol–water partition coefficient (Wildman–Crippen LogP) is 2.22. The van der Waals surface area contributed by atoms with E-state index in [0.717, 1.165) is 4.68 Å². The molecule has 0 aliphatic carbocycles. The number of aryl methyl sites for hydroxylation is 1. The van der Waals surface area contributed by atoms with Gasteiger partial charge in [0.1, 0.15) is 5.69 Å². The molecule has 0 fully saturated rings. The highest BCUT2D eigenvalue weighted by Gasteiger charge is 2.37. The van der Waals surface area contributed by atoms with Crippen LogP contribution in [-0.4, -0.2) is 20.9 Å². The van der Waals surface area contributed by atoms with Gasteiger partial charge in [-0.15, -0.1) is 0 Å². The molecule has 0 saturated heterocycles. The first-order valence-corrected chi connectivity index (χ1v) is 5.04. The van der Waals surface area contributed by atoms with E-state index in [2.05, 4.69) is 5.10 Å². The van der Waals surface area contributed by atoms with Crippen LogP contribution in [0.1, 0.15) is 11.3 Å². The Balaban J connectivity index is 2.71. The Hall–Kier alpha value is -2.05. The maximum atomic E-state index is 12.8. The summed E-state index contributed by atoms with van der Waals surface area (Å²) in [6.45, 7) is 0. The van der Waals surface area contributed by atoms with E-state index in [-0.39, 0.29) is 22.9 Å². The van der Waals surface area contributed by atoms with Crippen LogP contribution >= 0.6 is 0 Å². The molecular formula is C11H9F3N2O2. The Morgan fingerprint density at radius 1 is 1.44 bits per heavy atom. The monoisotopic (exact) mass is 258 g/mol. The third kappa shape index (κ3) is 2.03. The van der Waals surface area contributed by atoms with Crippen molar-refractivity contribution in [2.75, 3.05) is 0 Å². The summed E-state index contributed by atoms with van der Waals surface area (Å²) in [4.78, 5) is 10.6. The first kappa shape index (κ1) is 12.4. The van der Waals surface area contributed by atoms with Crippen molar-refractivity contribution in [3.05, 3.63) is 29.5 Å². The number of hydrogen-bond acceptors (Lipinski definition) is 2. The van der Waals surface area contributed by atoms with Gasteiger partial charge in [0.25, 0.3) is 0 Å². The highest BCUT2D eigenvalue weighted by atomic mass is 19.4. The summed E-state index contributed by atoms with van der Waals surface area (Å²) in [5.74, 6) is -1.11. The number of nitrogens with zero attached hydrogens (tertiary/aromatic N) is 2. The molecule has 1 N–H and O–H groups in total. The van der Waals surface area contributed by atoms with Crippen LogP contribution in [0.5, 0.6) is 0 Å². The van der Waals surface area contributed by atoms with Crippen molar-refractivity contribution in [3.63, 3.8) is 0 Å². The van der Waals surface area contributed by atoms with Gasteiger partial charge in [-0.05, 0) is 5.56 Å². The summed E-state index contributed by atoms with van der Waals surface area (Å²) in [6.07, 6.45) is -4.88. The Morgan fingerprint density at radius 2 is 2.11 bits per heavy atom. The fourth-order valence-corrected chi connectivity index (χ4v) is 1.92. The largest absolute Gasteiger partial charge is 0.481 e. The molecular weight excluding hydrogens is 249 g/mol. The number of hydrogen-bond donors (Lipinski definition) is 1. The summed E-state index contributed by atoms with van der Waals surface area (Å²) in [7, 11) is 1.19. The number of halogens is 3. The molecule has 7 heteroatoms. The lowest BCUT2D eigenvalue weighted by molar-refractivity contribution is -0.142. The van der Waals surface area contributed by atoms with Gasteiger partial charge in [-0.3, -0.25) is 9.48 Å². The molecule has 0 saturated carbocycles. The van der Waals surface area contributed by atoms with Gasteiger partial charge in [-0.2, -0.15) is 18.3 Å². The highest BCUT2D eigenvalue weighted by Crippen LogP contribution is 2.35. The van der Waals surface area contributed by atoms with Gasteiger partial charge in [0.2, 0.25) is 0 Å². The van der Waals surface area contributed by atoms with Crippen LogP contribution in [0.3, 0.4) is 0 Å². The molecule has 0 bridgehead atoms. The van der Waals surface area contributed by atoms with E-state index >= 15 is 0 Å². The minimum Gasteiger partial charge on any atom is -0.481 e. The molecule has 1 aromatic heterocycles. The highest BCUT2D eigenvalue weighted by molar-refractivity contribution is 5.87. The van der Waals surface area contributed by atoms with Crippen molar-refractivity contribution in [2.24, 2.45) is 7.05 Å². The van der Waals surface area contributed by atoms with E-state index in [9.17, 15) is 18.0 Å². The third-order valence-corrected chi connectivity index (χ3v) is 2.56. The van der Waals surface area contributed by atoms with Crippen LogP contribution in [-0.2, 0) is 24.4 Å². The van der Waals surface area contributed by atoms with Gasteiger partial charge in [-0.25, -0.2) is 0 Å². The maximum Gasteiger partial charge on any atom is 0.433 e. The first-order valence-electron chi connectivity index (χ1n) is 5.04. The van der Waals surface area contributed by atoms with Gasteiger partial charge in [0, 0.05) is 12.4 Å². The van der Waals surface area contributed by atoms with E-state index in [1.54, 1.807) is 0 Å². The predicted molar refractivity (Wildman–Crippen MR) is 57.1 cm³/mol. The lowest BCUT2D eigenvalue weighted by Gasteiger charge is -2.06. The first-order chi connectivity index (χ1) is 8.30. The zero-order chi connectivity index (χ0) is 13.5.